The Kier molecular flexibility index (Phi) is 13.9. The zero-order valence-corrected chi connectivity index (χ0v) is 44.1. The first-order chi connectivity index (χ1) is 36.5. The molecule has 1 spiro atoms. The topological polar surface area (TPSA) is 141 Å². The monoisotopic (exact) mass is 1010 g/mol. The predicted octanol–water partition coefficient (Wildman–Crippen LogP) is 10.8. The molecule has 4 fully saturated rings. The van der Waals surface area contributed by atoms with Gasteiger partial charge >= 0.3 is 11.9 Å². The summed E-state index contributed by atoms with van der Waals surface area (Å²) in [5.41, 5.74) is 10.3. The van der Waals surface area contributed by atoms with Crippen LogP contribution in [-0.4, -0.2) is 61.1 Å². The maximum Gasteiger partial charge on any atom is 0.340 e. The number of carbonyl (C=O) groups is 2. The molecule has 10 aliphatic rings. The number of aromatic hydroxyl groups is 1. The van der Waals surface area contributed by atoms with E-state index in [9.17, 15) is 10.2 Å². The number of cyclic esters (lactones) is 1. The predicted molar refractivity (Wildman–Crippen MR) is 293 cm³/mol. The van der Waals surface area contributed by atoms with E-state index >= 15 is 9.59 Å². The minimum atomic E-state index is -0.881. The Hall–Kier alpha value is -5.62. The highest BCUT2D eigenvalue weighted by molar-refractivity contribution is 6.07. The van der Waals surface area contributed by atoms with Gasteiger partial charge in [-0.3, -0.25) is 0 Å². The highest BCUT2D eigenvalue weighted by Gasteiger charge is 2.68. The maximum atomic E-state index is 15.2. The standard InChI is InChI=1S/C65H76N4O6/c1-4-40(30-41-10-6-5-7-11-41)33-55-65-27-21-50-51-18-19-52-54(74-62(72)58(52)59(51)65)22-26-64(47-24-29-68-56(34-47)66-3)25-20-46(36-64)61(69-37-39(2)70)45-15-8-12-42(31-45)23-28-67-38-43-13-9-14-44(32-43)49-17-16-48(71)35-53(49)57(50)60(65)63(73)75-55/h5-17,22,31-33,35,39-40,46-47,50-51,56,59,61,66-71H,4,18-21,23-30,34,36-38H2,1-3H3. The molecule has 0 amide bonds. The van der Waals surface area contributed by atoms with E-state index in [0.717, 1.165) is 135 Å². The fraction of sp³-hybridized carbons (Fsp3) is 0.477. The zero-order valence-electron chi connectivity index (χ0n) is 44.1. The van der Waals surface area contributed by atoms with Crippen LogP contribution in [-0.2, 0) is 38.4 Å². The molecule has 5 aliphatic heterocycles. The van der Waals surface area contributed by atoms with Crippen LogP contribution in [0.25, 0.3) is 16.7 Å². The number of allylic oxidation sites excluding steroid dienone is 5. The van der Waals surface area contributed by atoms with Crippen LogP contribution in [0.3, 0.4) is 0 Å². The Morgan fingerprint density at radius 2 is 1.71 bits per heavy atom. The first-order valence-corrected chi connectivity index (χ1v) is 28.5. The fourth-order valence-corrected chi connectivity index (χ4v) is 16.0. The van der Waals surface area contributed by atoms with Gasteiger partial charge in [-0.1, -0.05) is 85.8 Å². The summed E-state index contributed by atoms with van der Waals surface area (Å²) in [4.78, 5) is 30.3. The number of ether oxygens (including phenoxy) is 2. The summed E-state index contributed by atoms with van der Waals surface area (Å²) in [5, 5.41) is 37.0. The van der Waals surface area contributed by atoms with E-state index in [1.807, 2.05) is 25.1 Å². The summed E-state index contributed by atoms with van der Waals surface area (Å²) >= 11 is 0. The van der Waals surface area contributed by atoms with Gasteiger partial charge in [0.25, 0.3) is 0 Å². The second-order valence-corrected chi connectivity index (χ2v) is 23.6. The molecule has 5 aliphatic carbocycles. The Balaban J connectivity index is 1.03. The number of esters is 2. The number of piperidine rings is 1. The first-order valence-electron chi connectivity index (χ1n) is 28.5. The minimum Gasteiger partial charge on any atom is -0.508 e. The molecule has 75 heavy (non-hydrogen) atoms. The smallest absolute Gasteiger partial charge is 0.340 e. The van der Waals surface area contributed by atoms with Gasteiger partial charge in [0.05, 0.1) is 23.3 Å². The number of benzene rings is 4. The van der Waals surface area contributed by atoms with Crippen molar-refractivity contribution in [3.05, 3.63) is 165 Å². The van der Waals surface area contributed by atoms with Crippen LogP contribution in [0.5, 0.6) is 5.75 Å². The summed E-state index contributed by atoms with van der Waals surface area (Å²) in [7, 11) is 2.05. The number of phenolic OH excluding ortho intramolecular Hbond substituents is 1. The number of hydrogen-bond donors (Lipinski definition) is 6. The summed E-state index contributed by atoms with van der Waals surface area (Å²) in [5.74, 6) is 1.57. The van der Waals surface area contributed by atoms with Gasteiger partial charge in [0, 0.05) is 36.2 Å². The number of nitrogens with one attached hydrogen (secondary N) is 4. The highest BCUT2D eigenvalue weighted by Crippen LogP contribution is 2.72. The van der Waals surface area contributed by atoms with Crippen LogP contribution in [0.4, 0.5) is 0 Å². The fourth-order valence-electron chi connectivity index (χ4n) is 16.0. The van der Waals surface area contributed by atoms with Crippen molar-refractivity contribution in [2.45, 2.75) is 122 Å². The van der Waals surface area contributed by atoms with E-state index < -0.39 is 11.5 Å². The van der Waals surface area contributed by atoms with E-state index in [2.05, 4.69) is 120 Å². The molecule has 11 unspecified atom stereocenters. The van der Waals surface area contributed by atoms with Crippen LogP contribution in [0, 0.1) is 46.3 Å². The lowest BCUT2D eigenvalue weighted by atomic mass is 9.44. The van der Waals surface area contributed by atoms with Gasteiger partial charge < -0.3 is 41.0 Å². The summed E-state index contributed by atoms with van der Waals surface area (Å²) in [6.45, 7) is 7.02. The van der Waals surface area contributed by atoms with Crippen molar-refractivity contribution >= 4 is 17.5 Å². The molecule has 0 radical (unpaired) electrons. The number of fused-ring (bicyclic) bond motifs is 5. The number of carbonyl (C=O) groups excluding carboxylic acids is 2. The molecule has 392 valence electrons. The maximum absolute atomic E-state index is 15.2. The molecule has 6 N–H and O–H groups in total. The normalized spacial score (nSPS) is 31.6. The zero-order chi connectivity index (χ0) is 51.4. The first kappa shape index (κ1) is 50.2. The van der Waals surface area contributed by atoms with Crippen LogP contribution >= 0.6 is 0 Å². The largest absolute Gasteiger partial charge is 0.508 e. The van der Waals surface area contributed by atoms with Crippen LogP contribution in [0.2, 0.25) is 0 Å². The van der Waals surface area contributed by atoms with Gasteiger partial charge in [-0.25, -0.2) is 9.59 Å². The van der Waals surface area contributed by atoms with Gasteiger partial charge in [0.2, 0.25) is 0 Å². The third kappa shape index (κ3) is 9.16. The molecule has 10 heteroatoms. The SMILES string of the molecule is CCC(C=C1OC(=O)C2=C3c4cc(O)ccc4-c4cccc(c4)CNCCc4cccc(c4)C(NCC(C)O)C4CCC(C5CCNC(NC)C5)(CC=C5OC(=O)C6=C5CCC5C3CCC12C65)C4)Cc1ccccc1. The van der Waals surface area contributed by atoms with Gasteiger partial charge in [0.1, 0.15) is 17.3 Å². The molecule has 11 atom stereocenters. The quantitative estimate of drug-likeness (QED) is 0.0898. The van der Waals surface area contributed by atoms with E-state index in [0.29, 0.717) is 42.7 Å². The molecule has 10 nitrogen and oxygen atoms in total. The summed E-state index contributed by atoms with van der Waals surface area (Å²) in [6.07, 6.45) is 16.0. The van der Waals surface area contributed by atoms with Crippen molar-refractivity contribution in [2.24, 2.45) is 46.3 Å². The lowest BCUT2D eigenvalue weighted by Gasteiger charge is -2.56. The summed E-state index contributed by atoms with van der Waals surface area (Å²) in [6, 6.07) is 34.0. The summed E-state index contributed by atoms with van der Waals surface area (Å²) < 4.78 is 13.4. The van der Waals surface area contributed by atoms with Gasteiger partial charge in [-0.2, -0.15) is 0 Å². The van der Waals surface area contributed by atoms with Crippen LogP contribution in [0.1, 0.15) is 118 Å². The molecule has 0 aromatic heterocycles. The van der Waals surface area contributed by atoms with Crippen LogP contribution in [0.15, 0.2) is 137 Å². The molecule has 4 aromatic rings. The van der Waals surface area contributed by atoms with Crippen molar-refractivity contribution in [3.8, 4) is 16.9 Å². The Bertz CT molecular complexity index is 2970. The highest BCUT2D eigenvalue weighted by atomic mass is 16.6. The van der Waals surface area contributed by atoms with Crippen molar-refractivity contribution < 1.29 is 29.3 Å². The molecular formula is C65H76N4O6. The molecule has 5 heterocycles. The number of rotatable bonds is 9. The van der Waals surface area contributed by atoms with Gasteiger partial charge in [0.15, 0.2) is 0 Å². The lowest BCUT2D eigenvalue weighted by molar-refractivity contribution is -0.135. The number of aliphatic hydroxyl groups excluding tert-OH is 1. The van der Waals surface area contributed by atoms with Crippen molar-refractivity contribution in [3.63, 3.8) is 0 Å². The molecule has 2 saturated heterocycles. The molecule has 4 aromatic carbocycles. The minimum absolute atomic E-state index is 0.0289. The van der Waals surface area contributed by atoms with Gasteiger partial charge in [-0.15, -0.1) is 0 Å². The Morgan fingerprint density at radius 3 is 2.55 bits per heavy atom. The van der Waals surface area contributed by atoms with Crippen LogP contribution < -0.4 is 21.3 Å². The van der Waals surface area contributed by atoms with E-state index in [4.69, 9.17) is 9.47 Å². The van der Waals surface area contributed by atoms with Crippen molar-refractivity contribution in [1.29, 1.82) is 0 Å². The molecule has 14 bridgehead atoms. The van der Waals surface area contributed by atoms with Crippen molar-refractivity contribution in [1.82, 2.24) is 21.3 Å². The molecular weight excluding hydrogens is 933 g/mol. The third-order valence-electron chi connectivity index (χ3n) is 19.5. The molecule has 2 saturated carbocycles. The molecule has 14 rings (SSSR count). The lowest BCUT2D eigenvalue weighted by Crippen LogP contribution is -2.52. The Labute approximate surface area is 443 Å². The third-order valence-corrected chi connectivity index (χ3v) is 19.5. The van der Waals surface area contributed by atoms with E-state index in [-0.39, 0.29) is 59.0 Å². The van der Waals surface area contributed by atoms with E-state index in [1.54, 1.807) is 6.07 Å². The van der Waals surface area contributed by atoms with E-state index in [1.165, 1.54) is 16.7 Å². The number of hydrogen-bond acceptors (Lipinski definition) is 10. The Morgan fingerprint density at radius 1 is 0.853 bits per heavy atom. The van der Waals surface area contributed by atoms with Crippen molar-refractivity contribution in [2.75, 3.05) is 26.7 Å². The number of aliphatic hydroxyl groups is 1. The average molecular weight is 1010 g/mol. The average Bonchev–Trinajstić information content (AvgIpc) is 4.14. The second-order valence-electron chi connectivity index (χ2n) is 23.6. The second kappa shape index (κ2) is 20.7. The van der Waals surface area contributed by atoms with Gasteiger partial charge in [-0.05, 0) is 220 Å². The number of phenols is 1.